The molecular weight excluding hydrogens is 282 g/mol. The molecule has 0 atom stereocenters. The Kier molecular flexibility index (Phi) is 5.64. The summed E-state index contributed by atoms with van der Waals surface area (Å²) in [6.07, 6.45) is 1.80. The number of hydrogen-bond donors (Lipinski definition) is 1. The Morgan fingerprint density at radius 1 is 1.10 bits per heavy atom. The Hall–Kier alpha value is -2.00. The maximum absolute atomic E-state index is 5.92. The van der Waals surface area contributed by atoms with E-state index >= 15 is 0 Å². The van der Waals surface area contributed by atoms with Crippen molar-refractivity contribution < 1.29 is 0 Å². The molecule has 1 N–H and O–H groups in total. The van der Waals surface area contributed by atoms with Crippen molar-refractivity contribution in [1.82, 2.24) is 0 Å². The summed E-state index contributed by atoms with van der Waals surface area (Å²) >= 11 is 5.92. The van der Waals surface area contributed by atoms with Crippen LogP contribution in [0.25, 0.3) is 0 Å². The molecule has 0 fully saturated rings. The Bertz CT molecular complexity index is 589. The van der Waals surface area contributed by atoms with Crippen LogP contribution in [-0.2, 0) is 0 Å². The minimum Gasteiger partial charge on any atom is -0.372 e. The van der Waals surface area contributed by atoms with Crippen LogP contribution in [0.5, 0.6) is 0 Å². The molecule has 2 aromatic carbocycles. The highest BCUT2D eigenvalue weighted by atomic mass is 35.5. The minimum atomic E-state index is 0.693. The van der Waals surface area contributed by atoms with Gasteiger partial charge in [0.15, 0.2) is 0 Å². The number of rotatable bonds is 6. The van der Waals surface area contributed by atoms with Crippen molar-refractivity contribution >= 4 is 29.2 Å². The van der Waals surface area contributed by atoms with Crippen LogP contribution in [0, 0.1) is 0 Å². The van der Waals surface area contributed by atoms with E-state index < -0.39 is 0 Å². The molecule has 0 amide bonds. The lowest BCUT2D eigenvalue weighted by atomic mass is 10.2. The Balaban J connectivity index is 1.98. The van der Waals surface area contributed by atoms with Crippen LogP contribution in [0.4, 0.5) is 11.4 Å². The molecule has 0 saturated heterocycles. The molecule has 110 valence electrons. The topological polar surface area (TPSA) is 27.6 Å². The lowest BCUT2D eigenvalue weighted by molar-refractivity contribution is 0.866. The van der Waals surface area contributed by atoms with Crippen LogP contribution in [0.3, 0.4) is 0 Å². The second-order valence-electron chi connectivity index (χ2n) is 4.64. The standard InChI is InChI=1S/C17H20ClN3/c1-3-21(4-2)17-10-8-14(9-11-17)13-19-20-16-7-5-6-15(18)12-16/h5-13,20H,3-4H2,1-2H3/b19-13-. The predicted octanol–water partition coefficient (Wildman–Crippen LogP) is 4.63. The third-order valence-corrected chi connectivity index (χ3v) is 3.49. The molecule has 3 nitrogen and oxygen atoms in total. The van der Waals surface area contributed by atoms with Gasteiger partial charge in [-0.2, -0.15) is 5.10 Å². The molecule has 0 bridgehead atoms. The number of hydrazone groups is 1. The molecular formula is C17H20ClN3. The predicted molar refractivity (Wildman–Crippen MR) is 92.7 cm³/mol. The van der Waals surface area contributed by atoms with Crippen LogP contribution in [0.15, 0.2) is 53.6 Å². The van der Waals surface area contributed by atoms with Crippen LogP contribution in [-0.4, -0.2) is 19.3 Å². The monoisotopic (exact) mass is 301 g/mol. The third kappa shape index (κ3) is 4.50. The smallest absolute Gasteiger partial charge is 0.0576 e. The van der Waals surface area contributed by atoms with Gasteiger partial charge < -0.3 is 4.90 Å². The van der Waals surface area contributed by atoms with E-state index in [1.807, 2.05) is 24.3 Å². The number of nitrogens with one attached hydrogen (secondary N) is 1. The molecule has 4 heteroatoms. The van der Waals surface area contributed by atoms with E-state index in [-0.39, 0.29) is 0 Å². The number of benzene rings is 2. The first-order chi connectivity index (χ1) is 10.2. The largest absolute Gasteiger partial charge is 0.372 e. The van der Waals surface area contributed by atoms with E-state index in [9.17, 15) is 0 Å². The summed E-state index contributed by atoms with van der Waals surface area (Å²) in [6, 6.07) is 15.9. The highest BCUT2D eigenvalue weighted by molar-refractivity contribution is 6.30. The lowest BCUT2D eigenvalue weighted by Crippen LogP contribution is -2.21. The fourth-order valence-electron chi connectivity index (χ4n) is 2.10. The van der Waals surface area contributed by atoms with Crippen LogP contribution in [0.1, 0.15) is 19.4 Å². The highest BCUT2D eigenvalue weighted by Gasteiger charge is 2.00. The fraction of sp³-hybridized carbons (Fsp3) is 0.235. The molecule has 0 heterocycles. The average Bonchev–Trinajstić information content (AvgIpc) is 2.50. The lowest BCUT2D eigenvalue weighted by Gasteiger charge is -2.20. The Morgan fingerprint density at radius 2 is 1.81 bits per heavy atom. The maximum atomic E-state index is 5.92. The normalized spacial score (nSPS) is 10.8. The first-order valence-corrected chi connectivity index (χ1v) is 7.50. The van der Waals surface area contributed by atoms with Gasteiger partial charge in [-0.25, -0.2) is 0 Å². The summed E-state index contributed by atoms with van der Waals surface area (Å²) in [7, 11) is 0. The molecule has 0 unspecified atom stereocenters. The molecule has 0 aliphatic rings. The van der Waals surface area contributed by atoms with Crippen molar-refractivity contribution in [3.05, 3.63) is 59.1 Å². The quantitative estimate of drug-likeness (QED) is 0.622. The number of halogens is 1. The zero-order valence-corrected chi connectivity index (χ0v) is 13.1. The summed E-state index contributed by atoms with van der Waals surface area (Å²) in [5.74, 6) is 0. The summed E-state index contributed by atoms with van der Waals surface area (Å²) < 4.78 is 0. The van der Waals surface area contributed by atoms with Crippen LogP contribution < -0.4 is 10.3 Å². The first-order valence-electron chi connectivity index (χ1n) is 7.12. The van der Waals surface area contributed by atoms with Gasteiger partial charge in [0.2, 0.25) is 0 Å². The summed E-state index contributed by atoms with van der Waals surface area (Å²) in [6.45, 7) is 6.35. The van der Waals surface area contributed by atoms with E-state index in [4.69, 9.17) is 11.6 Å². The van der Waals surface area contributed by atoms with Crippen molar-refractivity contribution in [2.45, 2.75) is 13.8 Å². The molecule has 2 rings (SSSR count). The van der Waals surface area contributed by atoms with E-state index in [1.165, 1.54) is 5.69 Å². The van der Waals surface area contributed by atoms with Gasteiger partial charge in [0.25, 0.3) is 0 Å². The van der Waals surface area contributed by atoms with Crippen molar-refractivity contribution in [3.8, 4) is 0 Å². The third-order valence-electron chi connectivity index (χ3n) is 3.25. The molecule has 2 aromatic rings. The summed E-state index contributed by atoms with van der Waals surface area (Å²) in [5, 5.41) is 4.91. The van der Waals surface area contributed by atoms with E-state index in [0.29, 0.717) is 5.02 Å². The van der Waals surface area contributed by atoms with Gasteiger partial charge in [0.1, 0.15) is 0 Å². The Labute approximate surface area is 131 Å². The van der Waals surface area contributed by atoms with Crippen LogP contribution in [0.2, 0.25) is 5.02 Å². The van der Waals surface area contributed by atoms with E-state index in [0.717, 1.165) is 24.3 Å². The van der Waals surface area contributed by atoms with Gasteiger partial charge in [-0.15, -0.1) is 0 Å². The molecule has 0 saturated carbocycles. The Morgan fingerprint density at radius 3 is 2.43 bits per heavy atom. The minimum absolute atomic E-state index is 0.693. The number of nitrogens with zero attached hydrogens (tertiary/aromatic N) is 2. The van der Waals surface area contributed by atoms with Gasteiger partial charge in [0, 0.05) is 23.8 Å². The van der Waals surface area contributed by atoms with Crippen molar-refractivity contribution in [1.29, 1.82) is 0 Å². The number of anilines is 2. The second-order valence-corrected chi connectivity index (χ2v) is 5.08. The zero-order valence-electron chi connectivity index (χ0n) is 12.4. The SMILES string of the molecule is CCN(CC)c1ccc(/C=N\Nc2cccc(Cl)c2)cc1. The van der Waals surface area contributed by atoms with E-state index in [1.54, 1.807) is 6.21 Å². The molecule has 0 aliphatic carbocycles. The highest BCUT2D eigenvalue weighted by Crippen LogP contribution is 2.15. The molecule has 0 spiro atoms. The second kappa shape index (κ2) is 7.70. The van der Waals surface area contributed by atoms with Crippen molar-refractivity contribution in [3.63, 3.8) is 0 Å². The first kappa shape index (κ1) is 15.4. The van der Waals surface area contributed by atoms with Gasteiger partial charge in [-0.05, 0) is 49.7 Å². The molecule has 0 aliphatic heterocycles. The van der Waals surface area contributed by atoms with Gasteiger partial charge in [-0.3, -0.25) is 5.43 Å². The number of hydrogen-bond acceptors (Lipinski definition) is 3. The summed E-state index contributed by atoms with van der Waals surface area (Å²) in [5.41, 5.74) is 6.13. The molecule has 0 aromatic heterocycles. The van der Waals surface area contributed by atoms with Crippen LogP contribution >= 0.6 is 11.6 Å². The molecule has 0 radical (unpaired) electrons. The zero-order chi connectivity index (χ0) is 15.1. The van der Waals surface area contributed by atoms with Crippen molar-refractivity contribution in [2.24, 2.45) is 5.10 Å². The van der Waals surface area contributed by atoms with Gasteiger partial charge in [0.05, 0.1) is 11.9 Å². The molecule has 21 heavy (non-hydrogen) atoms. The fourth-order valence-corrected chi connectivity index (χ4v) is 2.29. The maximum Gasteiger partial charge on any atom is 0.0576 e. The van der Waals surface area contributed by atoms with Crippen molar-refractivity contribution in [2.75, 3.05) is 23.4 Å². The van der Waals surface area contributed by atoms with E-state index in [2.05, 4.69) is 53.5 Å². The van der Waals surface area contributed by atoms with Gasteiger partial charge >= 0.3 is 0 Å². The van der Waals surface area contributed by atoms with Gasteiger partial charge in [-0.1, -0.05) is 29.8 Å². The summed E-state index contributed by atoms with van der Waals surface area (Å²) in [4.78, 5) is 2.31. The average molecular weight is 302 g/mol.